The summed E-state index contributed by atoms with van der Waals surface area (Å²) < 4.78 is 2.27. The predicted molar refractivity (Wildman–Crippen MR) is 193 cm³/mol. The first-order chi connectivity index (χ1) is 22.9. The first-order valence-corrected chi connectivity index (χ1v) is 16.4. The monoisotopic (exact) mass is 638 g/mol. The number of hydrogen-bond donors (Lipinski definition) is 3. The smallest absolute Gasteiger partial charge is 0.272 e. The lowest BCUT2D eigenvalue weighted by molar-refractivity contribution is -0.114. The van der Waals surface area contributed by atoms with Gasteiger partial charge in [-0.25, -0.2) is 0 Å². The quantitative estimate of drug-likeness (QED) is 0.104. The number of amides is 3. The molecule has 0 fully saturated rings. The zero-order chi connectivity index (χ0) is 32.8. The Kier molecular flexibility index (Phi) is 9.50. The minimum Gasteiger partial charge on any atom is -0.341 e. The number of para-hydroxylation sites is 1. The fraction of sp³-hybridized carbons (Fsp3) is 0.103. The second kappa shape index (κ2) is 14.2. The number of carbonyl (C=O) groups is 3. The molecule has 3 N–H and O–H groups in total. The number of fused-ring (bicyclic) bond motifs is 3. The Labute approximate surface area is 277 Å². The highest BCUT2D eigenvalue weighted by molar-refractivity contribution is 8.00. The summed E-state index contributed by atoms with van der Waals surface area (Å²) in [6.07, 6.45) is 1.66. The van der Waals surface area contributed by atoms with Crippen molar-refractivity contribution in [3.63, 3.8) is 0 Å². The molecule has 0 unspecified atom stereocenters. The summed E-state index contributed by atoms with van der Waals surface area (Å²) in [5.41, 5.74) is 5.97. The molecule has 3 amide bonds. The molecule has 0 spiro atoms. The van der Waals surface area contributed by atoms with Crippen LogP contribution in [0.25, 0.3) is 27.9 Å². The van der Waals surface area contributed by atoms with Gasteiger partial charge in [0.15, 0.2) is 0 Å². The first kappa shape index (κ1) is 31.4. The van der Waals surface area contributed by atoms with Crippen molar-refractivity contribution in [1.29, 1.82) is 0 Å². The maximum Gasteiger partial charge on any atom is 0.272 e. The average Bonchev–Trinajstić information content (AvgIpc) is 3.40. The maximum atomic E-state index is 13.5. The Bertz CT molecular complexity index is 2140. The third kappa shape index (κ3) is 7.45. The Morgan fingerprint density at radius 3 is 2.28 bits per heavy atom. The number of nitrogens with zero attached hydrogens (tertiary/aromatic N) is 1. The van der Waals surface area contributed by atoms with E-state index >= 15 is 0 Å². The van der Waals surface area contributed by atoms with Gasteiger partial charge in [-0.3, -0.25) is 14.4 Å². The highest BCUT2D eigenvalue weighted by atomic mass is 32.2. The minimum atomic E-state index is -0.462. The molecule has 1 heterocycles. The Morgan fingerprint density at radius 1 is 0.723 bits per heavy atom. The van der Waals surface area contributed by atoms with Crippen LogP contribution in [0.15, 0.2) is 132 Å². The lowest BCUT2D eigenvalue weighted by Gasteiger charge is -2.12. The molecule has 5 aromatic carbocycles. The van der Waals surface area contributed by atoms with Gasteiger partial charge in [0.05, 0.1) is 5.75 Å². The van der Waals surface area contributed by atoms with Gasteiger partial charge in [0.1, 0.15) is 5.70 Å². The molecular weight excluding hydrogens is 605 g/mol. The molecule has 234 valence electrons. The molecule has 0 atom stereocenters. The summed E-state index contributed by atoms with van der Waals surface area (Å²) in [4.78, 5) is 40.2. The average molecular weight is 639 g/mol. The molecular formula is C39H34N4O3S. The van der Waals surface area contributed by atoms with E-state index in [1.54, 1.807) is 36.4 Å². The zero-order valence-electron chi connectivity index (χ0n) is 26.1. The lowest BCUT2D eigenvalue weighted by Crippen LogP contribution is -2.30. The van der Waals surface area contributed by atoms with Crippen LogP contribution in [-0.2, 0) is 16.1 Å². The summed E-state index contributed by atoms with van der Waals surface area (Å²) in [6.45, 7) is 4.95. The highest BCUT2D eigenvalue weighted by Gasteiger charge is 2.16. The van der Waals surface area contributed by atoms with Crippen molar-refractivity contribution < 1.29 is 14.4 Å². The van der Waals surface area contributed by atoms with Crippen molar-refractivity contribution in [2.45, 2.75) is 25.3 Å². The molecule has 7 nitrogen and oxygen atoms in total. The van der Waals surface area contributed by atoms with Gasteiger partial charge in [0.2, 0.25) is 5.91 Å². The largest absolute Gasteiger partial charge is 0.341 e. The van der Waals surface area contributed by atoms with E-state index in [-0.39, 0.29) is 23.3 Å². The van der Waals surface area contributed by atoms with E-state index in [0.29, 0.717) is 11.3 Å². The van der Waals surface area contributed by atoms with Crippen molar-refractivity contribution in [2.75, 3.05) is 16.4 Å². The van der Waals surface area contributed by atoms with Crippen molar-refractivity contribution in [3.05, 3.63) is 144 Å². The molecule has 0 aliphatic rings. The van der Waals surface area contributed by atoms with Gasteiger partial charge in [-0.05, 0) is 80.1 Å². The minimum absolute atomic E-state index is 0.112. The molecule has 0 saturated heterocycles. The molecule has 6 rings (SSSR count). The van der Waals surface area contributed by atoms with E-state index in [9.17, 15) is 14.4 Å². The van der Waals surface area contributed by atoms with Crippen LogP contribution in [-0.4, -0.2) is 28.0 Å². The Morgan fingerprint density at radius 2 is 1.47 bits per heavy atom. The molecule has 1 aromatic heterocycles. The summed E-state index contributed by atoms with van der Waals surface area (Å²) in [5, 5.41) is 11.0. The Balaban J connectivity index is 1.13. The Hall–Kier alpha value is -5.60. The third-order valence-electron chi connectivity index (χ3n) is 7.72. The molecule has 8 heteroatoms. The summed E-state index contributed by atoms with van der Waals surface area (Å²) >= 11 is 1.37. The number of nitrogens with one attached hydrogen (secondary N) is 3. The van der Waals surface area contributed by atoms with Gasteiger partial charge < -0.3 is 20.5 Å². The maximum absolute atomic E-state index is 13.5. The molecule has 0 bridgehead atoms. The van der Waals surface area contributed by atoms with Crippen LogP contribution in [0, 0.1) is 6.92 Å². The van der Waals surface area contributed by atoms with Crippen molar-refractivity contribution in [3.8, 4) is 0 Å². The van der Waals surface area contributed by atoms with Gasteiger partial charge in [0.25, 0.3) is 11.8 Å². The normalized spacial score (nSPS) is 11.4. The van der Waals surface area contributed by atoms with Crippen molar-refractivity contribution >= 4 is 68.7 Å². The number of anilines is 2. The van der Waals surface area contributed by atoms with E-state index in [2.05, 4.69) is 45.6 Å². The number of aryl methyl sites for hydroxylation is 2. The van der Waals surface area contributed by atoms with Crippen LogP contribution >= 0.6 is 11.8 Å². The predicted octanol–water partition coefficient (Wildman–Crippen LogP) is 8.26. The summed E-state index contributed by atoms with van der Waals surface area (Å²) in [7, 11) is 0. The lowest BCUT2D eigenvalue weighted by atomic mass is 10.1. The molecule has 0 aliphatic carbocycles. The van der Waals surface area contributed by atoms with Gasteiger partial charge in [-0.1, -0.05) is 72.3 Å². The second-order valence-corrected chi connectivity index (χ2v) is 12.2. The van der Waals surface area contributed by atoms with E-state index in [0.717, 1.165) is 44.5 Å². The number of hydrogen-bond acceptors (Lipinski definition) is 4. The molecule has 0 saturated carbocycles. The second-order valence-electron chi connectivity index (χ2n) is 11.1. The van der Waals surface area contributed by atoms with E-state index in [4.69, 9.17) is 0 Å². The van der Waals surface area contributed by atoms with Crippen LogP contribution < -0.4 is 16.0 Å². The van der Waals surface area contributed by atoms with Gasteiger partial charge in [-0.15, -0.1) is 11.8 Å². The highest BCUT2D eigenvalue weighted by Crippen LogP contribution is 2.31. The summed E-state index contributed by atoms with van der Waals surface area (Å²) in [5.74, 6) is -0.784. The number of carbonyl (C=O) groups excluding carboxylic acids is 3. The van der Waals surface area contributed by atoms with E-state index in [1.807, 2.05) is 79.7 Å². The van der Waals surface area contributed by atoms with Crippen molar-refractivity contribution in [2.24, 2.45) is 0 Å². The SMILES string of the molecule is CCn1c2ccccc2c2cc(NC(=O)CSc3cccc(NC(=O)/C(=C\c4cccc(C)c4)NC(=O)c4ccccc4)c3)ccc21. The standard InChI is InChI=1S/C39H34N4O3S/c1-3-43-35-18-8-7-17-32(35)33-24-30(19-20-36(33)43)40-37(44)25-47-31-16-10-15-29(23-31)41-39(46)34(22-27-12-9-11-26(2)21-27)42-38(45)28-13-5-4-6-14-28/h4-24H,3,25H2,1-2H3,(H,40,44)(H,41,46)(H,42,45)/b34-22+. The number of benzene rings is 5. The van der Waals surface area contributed by atoms with Gasteiger partial charge >= 0.3 is 0 Å². The van der Waals surface area contributed by atoms with Crippen LogP contribution in [0.3, 0.4) is 0 Å². The molecule has 47 heavy (non-hydrogen) atoms. The van der Waals surface area contributed by atoms with Crippen molar-refractivity contribution in [1.82, 2.24) is 9.88 Å². The molecule has 0 aliphatic heterocycles. The van der Waals surface area contributed by atoms with Crippen LogP contribution in [0.1, 0.15) is 28.4 Å². The first-order valence-electron chi connectivity index (χ1n) is 15.4. The molecule has 6 aromatic rings. The third-order valence-corrected chi connectivity index (χ3v) is 8.71. The van der Waals surface area contributed by atoms with Crippen LogP contribution in [0.4, 0.5) is 11.4 Å². The van der Waals surface area contributed by atoms with Crippen LogP contribution in [0.2, 0.25) is 0 Å². The summed E-state index contributed by atoms with van der Waals surface area (Å²) in [6, 6.07) is 38.0. The zero-order valence-corrected chi connectivity index (χ0v) is 26.9. The van der Waals surface area contributed by atoms with E-state index < -0.39 is 5.91 Å². The topological polar surface area (TPSA) is 92.2 Å². The van der Waals surface area contributed by atoms with Gasteiger partial charge in [0, 0.05) is 50.2 Å². The van der Waals surface area contributed by atoms with E-state index in [1.165, 1.54) is 17.3 Å². The number of aromatic nitrogens is 1. The molecule has 0 radical (unpaired) electrons. The van der Waals surface area contributed by atoms with Crippen LogP contribution in [0.5, 0.6) is 0 Å². The number of thioether (sulfide) groups is 1. The fourth-order valence-corrected chi connectivity index (χ4v) is 6.30. The fourth-order valence-electron chi connectivity index (χ4n) is 5.55. The van der Waals surface area contributed by atoms with Gasteiger partial charge in [-0.2, -0.15) is 0 Å². The number of rotatable bonds is 10.